The van der Waals surface area contributed by atoms with Crippen molar-refractivity contribution < 1.29 is 14.3 Å². The number of nitrogens with zero attached hydrogens (tertiary/aromatic N) is 1. The first kappa shape index (κ1) is 13.9. The maximum absolute atomic E-state index is 12.0. The number of rotatable bonds is 4. The van der Waals surface area contributed by atoms with E-state index in [0.717, 1.165) is 11.4 Å². The van der Waals surface area contributed by atoms with Gasteiger partial charge in [0.15, 0.2) is 0 Å². The fourth-order valence-corrected chi connectivity index (χ4v) is 1.71. The number of hydrogen-bond acceptors (Lipinski definition) is 4. The van der Waals surface area contributed by atoms with E-state index in [1.807, 2.05) is 31.1 Å². The Morgan fingerprint density at radius 3 is 1.95 bits per heavy atom. The molecule has 0 N–H and O–H groups in total. The van der Waals surface area contributed by atoms with Crippen LogP contribution in [-0.4, -0.2) is 27.2 Å². The smallest absolute Gasteiger partial charge is 0.343 e. The van der Waals surface area contributed by atoms with Crippen LogP contribution in [0.5, 0.6) is 11.5 Å². The highest BCUT2D eigenvalue weighted by atomic mass is 16.5. The van der Waals surface area contributed by atoms with Gasteiger partial charge in [-0.1, -0.05) is 0 Å². The van der Waals surface area contributed by atoms with Crippen molar-refractivity contribution in [3.05, 3.63) is 54.1 Å². The molecular formula is C16H17NO3. The fourth-order valence-electron chi connectivity index (χ4n) is 1.71. The zero-order valence-corrected chi connectivity index (χ0v) is 11.8. The minimum Gasteiger partial charge on any atom is -0.497 e. The fraction of sp³-hybridized carbons (Fsp3) is 0.188. The summed E-state index contributed by atoms with van der Waals surface area (Å²) >= 11 is 0. The number of anilines is 1. The standard InChI is InChI=1S/C16H17NO3/c1-17(2)13-6-4-12(5-7-13)16(18)20-15-10-8-14(19-3)9-11-15/h4-11H,1-3H3. The summed E-state index contributed by atoms with van der Waals surface area (Å²) in [4.78, 5) is 14.0. The predicted octanol–water partition coefficient (Wildman–Crippen LogP) is 2.98. The quantitative estimate of drug-likeness (QED) is 0.633. The molecule has 104 valence electrons. The van der Waals surface area contributed by atoms with Crippen LogP contribution in [0.3, 0.4) is 0 Å². The molecule has 2 rings (SSSR count). The molecule has 4 nitrogen and oxygen atoms in total. The second-order valence-corrected chi connectivity index (χ2v) is 4.51. The molecule has 0 fully saturated rings. The lowest BCUT2D eigenvalue weighted by molar-refractivity contribution is 0.0734. The molecule has 0 aliphatic carbocycles. The number of hydrogen-bond donors (Lipinski definition) is 0. The van der Waals surface area contributed by atoms with E-state index in [1.165, 1.54) is 0 Å². The van der Waals surface area contributed by atoms with E-state index in [1.54, 1.807) is 43.5 Å². The van der Waals surface area contributed by atoms with Crippen LogP contribution >= 0.6 is 0 Å². The topological polar surface area (TPSA) is 38.8 Å². The Hall–Kier alpha value is -2.49. The minimum atomic E-state index is -0.375. The number of benzene rings is 2. The van der Waals surface area contributed by atoms with Gasteiger partial charge in [0.25, 0.3) is 0 Å². The summed E-state index contributed by atoms with van der Waals surface area (Å²) in [5, 5.41) is 0. The third-order valence-corrected chi connectivity index (χ3v) is 2.89. The number of ether oxygens (including phenoxy) is 2. The molecule has 0 atom stereocenters. The molecule has 0 saturated carbocycles. The van der Waals surface area contributed by atoms with Gasteiger partial charge in [0.1, 0.15) is 11.5 Å². The van der Waals surface area contributed by atoms with E-state index >= 15 is 0 Å². The zero-order valence-electron chi connectivity index (χ0n) is 11.8. The molecule has 20 heavy (non-hydrogen) atoms. The van der Waals surface area contributed by atoms with Crippen LogP contribution in [-0.2, 0) is 0 Å². The third kappa shape index (κ3) is 3.29. The Morgan fingerprint density at radius 1 is 0.900 bits per heavy atom. The van der Waals surface area contributed by atoms with E-state index < -0.39 is 0 Å². The molecule has 0 heterocycles. The summed E-state index contributed by atoms with van der Waals surface area (Å²) in [7, 11) is 5.49. The van der Waals surface area contributed by atoms with Gasteiger partial charge >= 0.3 is 5.97 Å². The minimum absolute atomic E-state index is 0.375. The molecule has 0 radical (unpaired) electrons. The van der Waals surface area contributed by atoms with E-state index in [2.05, 4.69) is 0 Å². The van der Waals surface area contributed by atoms with Crippen molar-refractivity contribution in [2.75, 3.05) is 26.1 Å². The third-order valence-electron chi connectivity index (χ3n) is 2.89. The van der Waals surface area contributed by atoms with E-state index in [0.29, 0.717) is 11.3 Å². The molecule has 0 saturated heterocycles. The van der Waals surface area contributed by atoms with Gasteiger partial charge in [-0.25, -0.2) is 4.79 Å². The maximum Gasteiger partial charge on any atom is 0.343 e. The summed E-state index contributed by atoms with van der Waals surface area (Å²) in [6.45, 7) is 0. The van der Waals surface area contributed by atoms with Gasteiger partial charge in [-0.3, -0.25) is 0 Å². The molecule has 0 aromatic heterocycles. The number of carbonyl (C=O) groups excluding carboxylic acids is 1. The Bertz CT molecular complexity index is 574. The Balaban J connectivity index is 2.07. The lowest BCUT2D eigenvalue weighted by atomic mass is 10.2. The molecule has 2 aromatic rings. The number of methoxy groups -OCH3 is 1. The highest BCUT2D eigenvalue weighted by Crippen LogP contribution is 2.19. The highest BCUT2D eigenvalue weighted by Gasteiger charge is 2.08. The first-order valence-corrected chi connectivity index (χ1v) is 6.24. The normalized spacial score (nSPS) is 9.95. The Labute approximate surface area is 118 Å². The average Bonchev–Trinajstić information content (AvgIpc) is 2.48. The highest BCUT2D eigenvalue weighted by molar-refractivity contribution is 5.91. The molecule has 0 bridgehead atoms. The van der Waals surface area contributed by atoms with Gasteiger partial charge in [0, 0.05) is 19.8 Å². The van der Waals surface area contributed by atoms with E-state index in [4.69, 9.17) is 9.47 Å². The molecule has 0 amide bonds. The second kappa shape index (κ2) is 6.10. The van der Waals surface area contributed by atoms with Crippen molar-refractivity contribution in [1.82, 2.24) is 0 Å². The lowest BCUT2D eigenvalue weighted by Crippen LogP contribution is -2.11. The van der Waals surface area contributed by atoms with Crippen LogP contribution in [0.4, 0.5) is 5.69 Å². The summed E-state index contributed by atoms with van der Waals surface area (Å²) in [6.07, 6.45) is 0. The van der Waals surface area contributed by atoms with Crippen LogP contribution < -0.4 is 14.4 Å². The van der Waals surface area contributed by atoms with Gasteiger partial charge in [-0.15, -0.1) is 0 Å². The second-order valence-electron chi connectivity index (χ2n) is 4.51. The van der Waals surface area contributed by atoms with Crippen molar-refractivity contribution in [2.24, 2.45) is 0 Å². The molecule has 0 unspecified atom stereocenters. The van der Waals surface area contributed by atoms with Crippen molar-refractivity contribution >= 4 is 11.7 Å². The Morgan fingerprint density at radius 2 is 1.45 bits per heavy atom. The van der Waals surface area contributed by atoms with Crippen LogP contribution in [0.15, 0.2) is 48.5 Å². The van der Waals surface area contributed by atoms with E-state index in [-0.39, 0.29) is 5.97 Å². The van der Waals surface area contributed by atoms with Crippen LogP contribution in [0.1, 0.15) is 10.4 Å². The predicted molar refractivity (Wildman–Crippen MR) is 78.7 cm³/mol. The number of carbonyl (C=O) groups is 1. The summed E-state index contributed by atoms with van der Waals surface area (Å²) in [5.41, 5.74) is 1.55. The van der Waals surface area contributed by atoms with E-state index in [9.17, 15) is 4.79 Å². The molecule has 0 spiro atoms. The first-order chi connectivity index (χ1) is 9.60. The molecule has 2 aromatic carbocycles. The van der Waals surface area contributed by atoms with Gasteiger partial charge in [0.2, 0.25) is 0 Å². The SMILES string of the molecule is COc1ccc(OC(=O)c2ccc(N(C)C)cc2)cc1. The van der Waals surface area contributed by atoms with Gasteiger partial charge in [-0.2, -0.15) is 0 Å². The van der Waals surface area contributed by atoms with Crippen LogP contribution in [0.2, 0.25) is 0 Å². The van der Waals surface area contributed by atoms with Crippen molar-refractivity contribution in [2.45, 2.75) is 0 Å². The molecule has 0 aliphatic rings. The zero-order chi connectivity index (χ0) is 14.5. The van der Waals surface area contributed by atoms with Crippen LogP contribution in [0.25, 0.3) is 0 Å². The number of esters is 1. The summed E-state index contributed by atoms with van der Waals surface area (Å²) < 4.78 is 10.3. The largest absolute Gasteiger partial charge is 0.497 e. The monoisotopic (exact) mass is 271 g/mol. The van der Waals surface area contributed by atoms with Crippen LogP contribution in [0, 0.1) is 0 Å². The molecule has 0 aliphatic heterocycles. The molecule has 4 heteroatoms. The summed E-state index contributed by atoms with van der Waals surface area (Å²) in [5.74, 6) is 0.841. The average molecular weight is 271 g/mol. The van der Waals surface area contributed by atoms with Gasteiger partial charge in [0.05, 0.1) is 12.7 Å². The first-order valence-electron chi connectivity index (χ1n) is 6.24. The van der Waals surface area contributed by atoms with Gasteiger partial charge < -0.3 is 14.4 Å². The van der Waals surface area contributed by atoms with Crippen molar-refractivity contribution in [3.8, 4) is 11.5 Å². The van der Waals surface area contributed by atoms with Crippen molar-refractivity contribution in [3.63, 3.8) is 0 Å². The Kier molecular flexibility index (Phi) is 4.25. The maximum atomic E-state index is 12.0. The van der Waals surface area contributed by atoms with Gasteiger partial charge in [-0.05, 0) is 48.5 Å². The summed E-state index contributed by atoms with van der Waals surface area (Å²) in [6, 6.07) is 14.2. The lowest BCUT2D eigenvalue weighted by Gasteiger charge is -2.12. The van der Waals surface area contributed by atoms with Crippen molar-refractivity contribution in [1.29, 1.82) is 0 Å². The molecular weight excluding hydrogens is 254 g/mol.